The number of carbonyl (C=O) groups excluding carboxylic acids is 4. The molecule has 0 spiro atoms. The van der Waals surface area contributed by atoms with Crippen molar-refractivity contribution < 1.29 is 23.9 Å². The minimum absolute atomic E-state index is 0.0920. The van der Waals surface area contributed by atoms with Crippen LogP contribution in [0, 0.1) is 0 Å². The van der Waals surface area contributed by atoms with Crippen molar-refractivity contribution in [2.45, 2.75) is 13.0 Å². The zero-order chi connectivity index (χ0) is 20.3. The van der Waals surface area contributed by atoms with Crippen LogP contribution in [0.2, 0.25) is 0 Å². The van der Waals surface area contributed by atoms with E-state index in [9.17, 15) is 19.2 Å². The van der Waals surface area contributed by atoms with Crippen molar-refractivity contribution >= 4 is 35.0 Å². The van der Waals surface area contributed by atoms with E-state index in [0.717, 1.165) is 9.78 Å². The standard InChI is InChI=1S/C20H18N2O5S/c1-3-8-22-18(24)14-7-6-13(10-15(14)19(22)25)20(26)27-11-17(23)21-12(2)16-5-4-9-28-16/h3-7,9-10,12H,1,8,11H2,2H3,(H,21,23)/t12-/m0/s1. The van der Waals surface area contributed by atoms with E-state index in [1.807, 2.05) is 24.4 Å². The summed E-state index contributed by atoms with van der Waals surface area (Å²) in [5.74, 6) is -2.10. The summed E-state index contributed by atoms with van der Waals surface area (Å²) < 4.78 is 5.03. The smallest absolute Gasteiger partial charge is 0.338 e. The van der Waals surface area contributed by atoms with Gasteiger partial charge in [0.25, 0.3) is 17.7 Å². The first-order chi connectivity index (χ1) is 13.4. The molecule has 0 unspecified atom stereocenters. The summed E-state index contributed by atoms with van der Waals surface area (Å²) in [6.07, 6.45) is 1.45. The molecular formula is C20H18N2O5S. The summed E-state index contributed by atoms with van der Waals surface area (Å²) in [4.78, 5) is 50.8. The number of amides is 3. The molecule has 3 rings (SSSR count). The van der Waals surface area contributed by atoms with Gasteiger partial charge < -0.3 is 10.1 Å². The van der Waals surface area contributed by atoms with Crippen LogP contribution in [0.3, 0.4) is 0 Å². The Labute approximate surface area is 165 Å². The molecule has 0 radical (unpaired) electrons. The van der Waals surface area contributed by atoms with Crippen LogP contribution >= 0.6 is 11.3 Å². The van der Waals surface area contributed by atoms with Gasteiger partial charge in [0.2, 0.25) is 0 Å². The van der Waals surface area contributed by atoms with Crippen molar-refractivity contribution in [2.75, 3.05) is 13.2 Å². The predicted octanol–water partition coefficient (Wildman–Crippen LogP) is 2.56. The number of rotatable bonds is 7. The van der Waals surface area contributed by atoms with Gasteiger partial charge in [0.1, 0.15) is 0 Å². The largest absolute Gasteiger partial charge is 0.452 e. The van der Waals surface area contributed by atoms with Gasteiger partial charge in [-0.3, -0.25) is 19.3 Å². The molecule has 28 heavy (non-hydrogen) atoms. The highest BCUT2D eigenvalue weighted by atomic mass is 32.1. The van der Waals surface area contributed by atoms with Crippen molar-refractivity contribution in [3.8, 4) is 0 Å². The Morgan fingerprint density at radius 1 is 1.25 bits per heavy atom. The maximum atomic E-state index is 12.3. The number of esters is 1. The van der Waals surface area contributed by atoms with Crippen molar-refractivity contribution in [2.24, 2.45) is 0 Å². The second-order valence-corrected chi connectivity index (χ2v) is 7.13. The van der Waals surface area contributed by atoms with Gasteiger partial charge in [0.15, 0.2) is 6.61 Å². The third kappa shape index (κ3) is 3.86. The number of fused-ring (bicyclic) bond motifs is 1. The second kappa shape index (κ2) is 8.18. The van der Waals surface area contributed by atoms with Gasteiger partial charge in [-0.25, -0.2) is 4.79 Å². The Balaban J connectivity index is 1.61. The van der Waals surface area contributed by atoms with Crippen LogP contribution in [0.4, 0.5) is 0 Å². The lowest BCUT2D eigenvalue weighted by molar-refractivity contribution is -0.124. The van der Waals surface area contributed by atoms with Crippen LogP contribution in [0.25, 0.3) is 0 Å². The number of imide groups is 1. The maximum absolute atomic E-state index is 12.3. The van der Waals surface area contributed by atoms with Gasteiger partial charge in [0.05, 0.1) is 22.7 Å². The van der Waals surface area contributed by atoms with Gasteiger partial charge in [0, 0.05) is 11.4 Å². The molecule has 144 valence electrons. The van der Waals surface area contributed by atoms with E-state index in [4.69, 9.17) is 4.74 Å². The fourth-order valence-corrected chi connectivity index (χ4v) is 3.55. The van der Waals surface area contributed by atoms with E-state index in [2.05, 4.69) is 11.9 Å². The Bertz CT molecular complexity index is 952. The third-order valence-corrected chi connectivity index (χ3v) is 5.25. The summed E-state index contributed by atoms with van der Waals surface area (Å²) in [7, 11) is 0. The molecule has 1 aromatic carbocycles. The first-order valence-electron chi connectivity index (χ1n) is 8.53. The molecule has 2 aromatic rings. The number of hydrogen-bond acceptors (Lipinski definition) is 6. The van der Waals surface area contributed by atoms with Gasteiger partial charge in [-0.05, 0) is 36.6 Å². The summed E-state index contributed by atoms with van der Waals surface area (Å²) in [5, 5.41) is 4.65. The van der Waals surface area contributed by atoms with Gasteiger partial charge in [-0.1, -0.05) is 12.1 Å². The highest BCUT2D eigenvalue weighted by molar-refractivity contribution is 7.10. The average Bonchev–Trinajstić information content (AvgIpc) is 3.30. The molecule has 3 amide bonds. The van der Waals surface area contributed by atoms with Crippen LogP contribution < -0.4 is 5.32 Å². The topological polar surface area (TPSA) is 92.8 Å². The molecule has 1 aromatic heterocycles. The van der Waals surface area contributed by atoms with Crippen LogP contribution in [-0.2, 0) is 9.53 Å². The zero-order valence-electron chi connectivity index (χ0n) is 15.1. The number of carbonyl (C=O) groups is 4. The number of nitrogens with one attached hydrogen (secondary N) is 1. The van der Waals surface area contributed by atoms with E-state index in [-0.39, 0.29) is 29.3 Å². The van der Waals surface area contributed by atoms with E-state index in [1.165, 1.54) is 35.6 Å². The number of ether oxygens (including phenoxy) is 1. The van der Waals surface area contributed by atoms with Crippen LogP contribution in [0.15, 0.2) is 48.4 Å². The minimum atomic E-state index is -0.746. The summed E-state index contributed by atoms with van der Waals surface area (Å²) in [6.45, 7) is 5.01. The number of benzene rings is 1. The SMILES string of the molecule is C=CCN1C(=O)c2ccc(C(=O)OCC(=O)N[C@@H](C)c3cccs3)cc2C1=O. The molecule has 7 nitrogen and oxygen atoms in total. The van der Waals surface area contributed by atoms with E-state index >= 15 is 0 Å². The Hall–Kier alpha value is -3.26. The molecule has 1 atom stereocenters. The zero-order valence-corrected chi connectivity index (χ0v) is 16.0. The monoisotopic (exact) mass is 398 g/mol. The normalized spacial score (nSPS) is 13.8. The summed E-state index contributed by atoms with van der Waals surface area (Å²) in [5.41, 5.74) is 0.461. The van der Waals surface area contributed by atoms with E-state index in [0.29, 0.717) is 0 Å². The number of nitrogens with zero attached hydrogens (tertiary/aromatic N) is 1. The van der Waals surface area contributed by atoms with Crippen LogP contribution in [0.1, 0.15) is 48.9 Å². The third-order valence-electron chi connectivity index (χ3n) is 4.20. The molecule has 2 heterocycles. The summed E-state index contributed by atoms with van der Waals surface area (Å²) in [6, 6.07) is 7.72. The maximum Gasteiger partial charge on any atom is 0.338 e. The molecule has 0 saturated carbocycles. The first-order valence-corrected chi connectivity index (χ1v) is 9.41. The van der Waals surface area contributed by atoms with Crippen LogP contribution in [-0.4, -0.2) is 41.7 Å². The fraction of sp³-hybridized carbons (Fsp3) is 0.200. The fourth-order valence-electron chi connectivity index (χ4n) is 2.82. The molecule has 1 N–H and O–H groups in total. The second-order valence-electron chi connectivity index (χ2n) is 6.15. The van der Waals surface area contributed by atoms with Crippen molar-refractivity contribution in [3.05, 3.63) is 69.9 Å². The van der Waals surface area contributed by atoms with Crippen molar-refractivity contribution in [1.29, 1.82) is 0 Å². The van der Waals surface area contributed by atoms with Crippen molar-refractivity contribution in [1.82, 2.24) is 10.2 Å². The number of thiophene rings is 1. The lowest BCUT2D eigenvalue weighted by Crippen LogP contribution is -2.30. The summed E-state index contributed by atoms with van der Waals surface area (Å²) >= 11 is 1.52. The number of hydrogen-bond donors (Lipinski definition) is 1. The lowest BCUT2D eigenvalue weighted by atomic mass is 10.1. The predicted molar refractivity (Wildman–Crippen MR) is 103 cm³/mol. The minimum Gasteiger partial charge on any atom is -0.452 e. The van der Waals surface area contributed by atoms with Gasteiger partial charge in [-0.15, -0.1) is 17.9 Å². The molecule has 1 aliphatic rings. The molecular weight excluding hydrogens is 380 g/mol. The average molecular weight is 398 g/mol. The van der Waals surface area contributed by atoms with Gasteiger partial charge >= 0.3 is 5.97 Å². The molecule has 0 saturated heterocycles. The van der Waals surface area contributed by atoms with E-state index < -0.39 is 30.3 Å². The Morgan fingerprint density at radius 2 is 2.00 bits per heavy atom. The Morgan fingerprint density at radius 3 is 2.68 bits per heavy atom. The van der Waals surface area contributed by atoms with E-state index in [1.54, 1.807) is 0 Å². The van der Waals surface area contributed by atoms with Crippen molar-refractivity contribution in [3.63, 3.8) is 0 Å². The first kappa shape index (κ1) is 19.5. The molecule has 1 aliphatic heterocycles. The molecule has 0 aliphatic carbocycles. The molecule has 8 heteroatoms. The molecule has 0 bridgehead atoms. The Kier molecular flexibility index (Phi) is 5.70. The molecule has 0 fully saturated rings. The highest BCUT2D eigenvalue weighted by Crippen LogP contribution is 2.24. The highest BCUT2D eigenvalue weighted by Gasteiger charge is 2.35. The lowest BCUT2D eigenvalue weighted by Gasteiger charge is -2.12. The van der Waals surface area contributed by atoms with Crippen LogP contribution in [0.5, 0.6) is 0 Å². The quantitative estimate of drug-likeness (QED) is 0.440. The van der Waals surface area contributed by atoms with Gasteiger partial charge in [-0.2, -0.15) is 0 Å².